The zero-order valence-corrected chi connectivity index (χ0v) is 10.9. The molecular weight excluding hydrogens is 244 g/mol. The van der Waals surface area contributed by atoms with Crippen molar-refractivity contribution in [1.29, 1.82) is 0 Å². The minimum Gasteiger partial charge on any atom is -0.375 e. The summed E-state index contributed by atoms with van der Waals surface area (Å²) in [6.45, 7) is 3.70. The van der Waals surface area contributed by atoms with Crippen molar-refractivity contribution in [3.8, 4) is 0 Å². The van der Waals surface area contributed by atoms with Gasteiger partial charge in [0.05, 0.1) is 0 Å². The van der Waals surface area contributed by atoms with E-state index in [9.17, 15) is 14.4 Å². The van der Waals surface area contributed by atoms with Crippen molar-refractivity contribution >= 4 is 30.6 Å². The first kappa shape index (κ1) is 15.8. The van der Waals surface area contributed by atoms with Crippen LogP contribution in [0.4, 0.5) is 4.79 Å². The van der Waals surface area contributed by atoms with Gasteiger partial charge in [-0.3, -0.25) is 4.79 Å². The monoisotopic (exact) mass is 262 g/mol. The summed E-state index contributed by atoms with van der Waals surface area (Å²) in [5.74, 6) is -1.13. The Kier molecular flexibility index (Phi) is 8.21. The molecule has 0 saturated carbocycles. The van der Waals surface area contributed by atoms with Crippen LogP contribution in [0.15, 0.2) is 0 Å². The van der Waals surface area contributed by atoms with Gasteiger partial charge in [-0.1, -0.05) is 13.3 Å². The topological polar surface area (TPSA) is 84.5 Å². The van der Waals surface area contributed by atoms with Crippen molar-refractivity contribution in [2.24, 2.45) is 0 Å². The van der Waals surface area contributed by atoms with Gasteiger partial charge in [-0.15, -0.1) is 0 Å². The number of amides is 2. The number of carbonyl (C=O) groups is 3. The molecule has 2 amide bonds. The van der Waals surface area contributed by atoms with E-state index in [0.29, 0.717) is 6.54 Å². The van der Waals surface area contributed by atoms with E-state index < -0.39 is 18.1 Å². The van der Waals surface area contributed by atoms with E-state index in [1.807, 2.05) is 6.92 Å². The molecule has 2 N–H and O–H groups in total. The van der Waals surface area contributed by atoms with Gasteiger partial charge in [0.25, 0.3) is 0 Å². The molecule has 0 aromatic heterocycles. The van der Waals surface area contributed by atoms with E-state index in [4.69, 9.17) is 0 Å². The number of thiol groups is 1. The number of carbonyl (C=O) groups excluding carboxylic acids is 3. The SMILES string of the molecule is CCCCNC(=O)OC(=O)[C@H](CS)NC(C)=O. The zero-order valence-electron chi connectivity index (χ0n) is 9.99. The van der Waals surface area contributed by atoms with Crippen molar-refractivity contribution in [3.63, 3.8) is 0 Å². The molecular formula is C10H18N2O4S. The van der Waals surface area contributed by atoms with Crippen LogP contribution in [-0.2, 0) is 14.3 Å². The largest absolute Gasteiger partial charge is 0.414 e. The zero-order chi connectivity index (χ0) is 13.3. The van der Waals surface area contributed by atoms with Crippen LogP contribution >= 0.6 is 12.6 Å². The minimum absolute atomic E-state index is 0.0701. The number of unbranched alkanes of at least 4 members (excludes halogenated alkanes) is 1. The average molecular weight is 262 g/mol. The molecule has 98 valence electrons. The summed E-state index contributed by atoms with van der Waals surface area (Å²) in [4.78, 5) is 33.3. The van der Waals surface area contributed by atoms with Crippen molar-refractivity contribution in [2.75, 3.05) is 12.3 Å². The third kappa shape index (κ3) is 7.62. The van der Waals surface area contributed by atoms with Gasteiger partial charge in [0.1, 0.15) is 6.04 Å². The predicted molar refractivity (Wildman–Crippen MR) is 65.9 cm³/mol. The molecule has 0 aromatic carbocycles. The highest BCUT2D eigenvalue weighted by Gasteiger charge is 2.21. The Balaban J connectivity index is 4.03. The van der Waals surface area contributed by atoms with Crippen LogP contribution in [0.1, 0.15) is 26.7 Å². The molecule has 0 unspecified atom stereocenters. The standard InChI is InChI=1S/C10H18N2O4S/c1-3-4-5-11-10(15)16-9(14)8(6-17)12-7(2)13/h8,17H,3-6H2,1-2H3,(H,11,15)(H,12,13)/t8-/m0/s1. The van der Waals surface area contributed by atoms with Gasteiger partial charge < -0.3 is 15.4 Å². The minimum atomic E-state index is -0.909. The van der Waals surface area contributed by atoms with Crippen molar-refractivity contribution in [3.05, 3.63) is 0 Å². The number of hydrogen-bond acceptors (Lipinski definition) is 5. The first-order valence-electron chi connectivity index (χ1n) is 5.38. The molecule has 0 aliphatic rings. The van der Waals surface area contributed by atoms with E-state index in [-0.39, 0.29) is 11.7 Å². The summed E-state index contributed by atoms with van der Waals surface area (Å²) in [5.41, 5.74) is 0. The number of alkyl carbamates (subject to hydrolysis) is 1. The third-order valence-electron chi connectivity index (χ3n) is 1.84. The first-order valence-corrected chi connectivity index (χ1v) is 6.02. The van der Waals surface area contributed by atoms with E-state index >= 15 is 0 Å². The maximum atomic E-state index is 11.4. The highest BCUT2D eigenvalue weighted by Crippen LogP contribution is 1.94. The Morgan fingerprint density at radius 2 is 2.00 bits per heavy atom. The molecule has 0 rings (SSSR count). The summed E-state index contributed by atoms with van der Waals surface area (Å²) < 4.78 is 4.50. The quantitative estimate of drug-likeness (QED) is 0.281. The van der Waals surface area contributed by atoms with Crippen molar-refractivity contribution in [2.45, 2.75) is 32.7 Å². The van der Waals surface area contributed by atoms with Crippen LogP contribution < -0.4 is 10.6 Å². The molecule has 17 heavy (non-hydrogen) atoms. The normalized spacial score (nSPS) is 11.5. The van der Waals surface area contributed by atoms with Gasteiger partial charge in [0, 0.05) is 19.2 Å². The average Bonchev–Trinajstić information content (AvgIpc) is 2.25. The second-order valence-corrected chi connectivity index (χ2v) is 3.79. The van der Waals surface area contributed by atoms with Gasteiger partial charge in [-0.05, 0) is 6.42 Å². The van der Waals surface area contributed by atoms with Crippen LogP contribution in [0.25, 0.3) is 0 Å². The summed E-state index contributed by atoms with van der Waals surface area (Å²) in [7, 11) is 0. The number of hydrogen-bond donors (Lipinski definition) is 3. The summed E-state index contributed by atoms with van der Waals surface area (Å²) in [6.07, 6.45) is 0.935. The molecule has 0 aliphatic carbocycles. The van der Waals surface area contributed by atoms with Gasteiger partial charge in [-0.25, -0.2) is 9.59 Å². The highest BCUT2D eigenvalue weighted by atomic mass is 32.1. The Labute approximate surface area is 106 Å². The van der Waals surface area contributed by atoms with E-state index in [1.165, 1.54) is 6.92 Å². The van der Waals surface area contributed by atoms with Crippen LogP contribution in [0.5, 0.6) is 0 Å². The molecule has 0 aliphatic heterocycles. The van der Waals surface area contributed by atoms with Crippen molar-refractivity contribution < 1.29 is 19.1 Å². The summed E-state index contributed by atoms with van der Waals surface area (Å²) in [6, 6.07) is -0.909. The molecule has 7 heteroatoms. The lowest BCUT2D eigenvalue weighted by atomic mass is 10.3. The molecule has 0 fully saturated rings. The molecule has 0 spiro atoms. The lowest BCUT2D eigenvalue weighted by molar-refractivity contribution is -0.141. The van der Waals surface area contributed by atoms with Crippen molar-refractivity contribution in [1.82, 2.24) is 10.6 Å². The van der Waals surface area contributed by atoms with Crippen LogP contribution in [0.2, 0.25) is 0 Å². The summed E-state index contributed by atoms with van der Waals surface area (Å²) >= 11 is 3.89. The van der Waals surface area contributed by atoms with Crippen LogP contribution in [-0.4, -0.2) is 36.3 Å². The molecule has 0 radical (unpaired) electrons. The Bertz CT molecular complexity index is 283. The first-order chi connectivity index (χ1) is 8.01. The van der Waals surface area contributed by atoms with Gasteiger partial charge >= 0.3 is 12.1 Å². The Hall–Kier alpha value is -1.24. The second kappa shape index (κ2) is 8.86. The predicted octanol–water partition coefficient (Wildman–Crippen LogP) is 0.474. The third-order valence-corrected chi connectivity index (χ3v) is 2.20. The molecule has 0 saturated heterocycles. The van der Waals surface area contributed by atoms with E-state index in [0.717, 1.165) is 12.8 Å². The van der Waals surface area contributed by atoms with E-state index in [1.54, 1.807) is 0 Å². The molecule has 0 heterocycles. The molecule has 0 bridgehead atoms. The smallest absolute Gasteiger partial charge is 0.375 e. The maximum absolute atomic E-state index is 11.4. The number of esters is 1. The molecule has 6 nitrogen and oxygen atoms in total. The van der Waals surface area contributed by atoms with Crippen LogP contribution in [0.3, 0.4) is 0 Å². The number of ether oxygens (including phenoxy) is 1. The fraction of sp³-hybridized carbons (Fsp3) is 0.700. The van der Waals surface area contributed by atoms with E-state index in [2.05, 4.69) is 28.0 Å². The highest BCUT2D eigenvalue weighted by molar-refractivity contribution is 7.80. The van der Waals surface area contributed by atoms with Gasteiger partial charge in [0.2, 0.25) is 5.91 Å². The maximum Gasteiger partial charge on any atom is 0.414 e. The molecule has 0 aromatic rings. The molecule has 1 atom stereocenters. The lowest BCUT2D eigenvalue weighted by Gasteiger charge is -2.13. The number of nitrogens with one attached hydrogen (secondary N) is 2. The fourth-order valence-corrected chi connectivity index (χ4v) is 1.23. The summed E-state index contributed by atoms with van der Waals surface area (Å²) in [5, 5.41) is 4.76. The Morgan fingerprint density at radius 1 is 1.35 bits per heavy atom. The number of rotatable bonds is 6. The van der Waals surface area contributed by atoms with Gasteiger partial charge in [-0.2, -0.15) is 12.6 Å². The fourth-order valence-electron chi connectivity index (χ4n) is 0.990. The van der Waals surface area contributed by atoms with Gasteiger partial charge in [0.15, 0.2) is 0 Å². The second-order valence-electron chi connectivity index (χ2n) is 3.42. The lowest BCUT2D eigenvalue weighted by Crippen LogP contribution is -2.44. The Morgan fingerprint density at radius 3 is 2.47 bits per heavy atom. The van der Waals surface area contributed by atoms with Crippen LogP contribution in [0, 0.1) is 0 Å².